The predicted molar refractivity (Wildman–Crippen MR) is 70.8 cm³/mol. The lowest BCUT2D eigenvalue weighted by molar-refractivity contribution is 0.190. The normalized spacial score (nSPS) is 16.1. The van der Waals surface area contributed by atoms with Crippen LogP contribution in [0.3, 0.4) is 0 Å². The second-order valence-electron chi connectivity index (χ2n) is 5.59. The summed E-state index contributed by atoms with van der Waals surface area (Å²) < 4.78 is 0. The smallest absolute Gasteiger partial charge is 0.0585 e. The third-order valence-electron chi connectivity index (χ3n) is 2.61. The van der Waals surface area contributed by atoms with E-state index < -0.39 is 0 Å². The Balaban J connectivity index is 2.50. The molecule has 0 amide bonds. The summed E-state index contributed by atoms with van der Waals surface area (Å²) in [5, 5.41) is 17.1. The van der Waals surface area contributed by atoms with Crippen molar-refractivity contribution in [2.75, 3.05) is 6.61 Å². The van der Waals surface area contributed by atoms with Gasteiger partial charge in [0.15, 0.2) is 0 Å². The Kier molecular flexibility index (Phi) is 4.96. The zero-order valence-electron chi connectivity index (χ0n) is 10.7. The van der Waals surface area contributed by atoms with Crippen LogP contribution < -0.4 is 5.32 Å². The Morgan fingerprint density at radius 1 is 1.44 bits per heavy atom. The Labute approximate surface area is 103 Å². The first-order chi connectivity index (χ1) is 7.42. The molecular weight excluding hydrogens is 218 g/mol. The minimum absolute atomic E-state index is 0.176. The van der Waals surface area contributed by atoms with E-state index in [0.717, 1.165) is 6.42 Å². The quantitative estimate of drug-likeness (QED) is 0.830. The molecule has 1 rings (SSSR count). The molecule has 0 radical (unpaired) electrons. The van der Waals surface area contributed by atoms with Crippen LogP contribution in [0.15, 0.2) is 16.8 Å². The molecule has 0 fully saturated rings. The molecule has 1 heterocycles. The van der Waals surface area contributed by atoms with Crippen LogP contribution >= 0.6 is 11.3 Å². The number of nitrogens with one attached hydrogen (secondary N) is 1. The first kappa shape index (κ1) is 13.7. The number of hydrogen-bond donors (Lipinski definition) is 2. The highest BCUT2D eigenvalue weighted by Crippen LogP contribution is 2.23. The molecule has 2 nitrogen and oxygen atoms in total. The number of thiophene rings is 1. The molecule has 1 aromatic heterocycles. The topological polar surface area (TPSA) is 32.3 Å². The zero-order chi connectivity index (χ0) is 12.2. The largest absolute Gasteiger partial charge is 0.395 e. The fraction of sp³-hybridized carbons (Fsp3) is 0.692. The van der Waals surface area contributed by atoms with Gasteiger partial charge in [0, 0.05) is 12.1 Å². The van der Waals surface area contributed by atoms with Crippen LogP contribution in [0.4, 0.5) is 0 Å². The summed E-state index contributed by atoms with van der Waals surface area (Å²) >= 11 is 1.71. The molecule has 0 aliphatic rings. The van der Waals surface area contributed by atoms with Crippen LogP contribution in [0.2, 0.25) is 0 Å². The van der Waals surface area contributed by atoms with E-state index in [9.17, 15) is 5.11 Å². The van der Waals surface area contributed by atoms with Gasteiger partial charge in [-0.15, -0.1) is 0 Å². The Morgan fingerprint density at radius 3 is 2.56 bits per heavy atom. The maximum absolute atomic E-state index is 9.38. The van der Waals surface area contributed by atoms with Gasteiger partial charge in [0.2, 0.25) is 0 Å². The van der Waals surface area contributed by atoms with E-state index >= 15 is 0 Å². The van der Waals surface area contributed by atoms with Crippen LogP contribution in [-0.4, -0.2) is 17.8 Å². The van der Waals surface area contributed by atoms with Gasteiger partial charge in [-0.2, -0.15) is 11.3 Å². The van der Waals surface area contributed by atoms with E-state index in [1.807, 2.05) is 0 Å². The molecule has 0 bridgehead atoms. The molecule has 2 N–H and O–H groups in total. The van der Waals surface area contributed by atoms with Crippen molar-refractivity contribution in [1.29, 1.82) is 0 Å². The molecule has 0 aromatic carbocycles. The predicted octanol–water partition coefficient (Wildman–Crippen LogP) is 3.20. The lowest BCUT2D eigenvalue weighted by Gasteiger charge is -2.28. The summed E-state index contributed by atoms with van der Waals surface area (Å²) in [5.41, 5.74) is 1.55. The molecule has 0 spiro atoms. The summed E-state index contributed by atoms with van der Waals surface area (Å²) in [5.74, 6) is 0. The summed E-state index contributed by atoms with van der Waals surface area (Å²) in [6, 6.07) is 2.62. The van der Waals surface area contributed by atoms with Gasteiger partial charge in [0.1, 0.15) is 0 Å². The molecular formula is C13H23NOS. The molecule has 2 unspecified atom stereocenters. The molecule has 1 aromatic rings. The molecule has 3 heteroatoms. The van der Waals surface area contributed by atoms with Crippen molar-refractivity contribution in [3.05, 3.63) is 22.4 Å². The highest BCUT2D eigenvalue weighted by Gasteiger charge is 2.19. The number of hydrogen-bond acceptors (Lipinski definition) is 3. The second-order valence-corrected chi connectivity index (χ2v) is 6.37. The summed E-state index contributed by atoms with van der Waals surface area (Å²) in [6.07, 6.45) is 0.984. The van der Waals surface area contributed by atoms with Gasteiger partial charge in [-0.05, 0) is 41.1 Å². The molecule has 0 aliphatic heterocycles. The average molecular weight is 241 g/mol. The van der Waals surface area contributed by atoms with E-state index in [-0.39, 0.29) is 18.1 Å². The summed E-state index contributed by atoms with van der Waals surface area (Å²) in [4.78, 5) is 0. The van der Waals surface area contributed by atoms with Crippen molar-refractivity contribution in [1.82, 2.24) is 5.32 Å². The first-order valence-corrected chi connectivity index (χ1v) is 6.75. The van der Waals surface area contributed by atoms with E-state index in [1.165, 1.54) is 5.56 Å². The standard InChI is InChI=1S/C13H23NOS/c1-10(11-5-6-16-9-11)14-12(8-15)7-13(2,3)4/h5-6,9-10,12,14-15H,7-8H2,1-4H3. The summed E-state index contributed by atoms with van der Waals surface area (Å²) in [6.45, 7) is 8.95. The minimum atomic E-state index is 0.176. The first-order valence-electron chi connectivity index (χ1n) is 5.81. The minimum Gasteiger partial charge on any atom is -0.395 e. The van der Waals surface area contributed by atoms with Gasteiger partial charge in [-0.3, -0.25) is 0 Å². The van der Waals surface area contributed by atoms with Gasteiger partial charge >= 0.3 is 0 Å². The second kappa shape index (κ2) is 5.80. The number of aliphatic hydroxyl groups is 1. The number of aliphatic hydroxyl groups excluding tert-OH is 1. The van der Waals surface area contributed by atoms with Crippen molar-refractivity contribution in [3.63, 3.8) is 0 Å². The van der Waals surface area contributed by atoms with Crippen LogP contribution in [0.25, 0.3) is 0 Å². The highest BCUT2D eigenvalue weighted by molar-refractivity contribution is 7.07. The highest BCUT2D eigenvalue weighted by atomic mass is 32.1. The summed E-state index contributed by atoms with van der Waals surface area (Å²) in [7, 11) is 0. The van der Waals surface area contributed by atoms with Crippen molar-refractivity contribution in [3.8, 4) is 0 Å². The van der Waals surface area contributed by atoms with Crippen molar-refractivity contribution < 1.29 is 5.11 Å². The average Bonchev–Trinajstić information content (AvgIpc) is 2.67. The Bertz CT molecular complexity index is 289. The monoisotopic (exact) mass is 241 g/mol. The molecule has 0 saturated heterocycles. The fourth-order valence-electron chi connectivity index (χ4n) is 1.89. The van der Waals surface area contributed by atoms with Gasteiger partial charge in [-0.25, -0.2) is 0 Å². The third kappa shape index (κ3) is 4.64. The van der Waals surface area contributed by atoms with Crippen LogP contribution in [0, 0.1) is 5.41 Å². The maximum Gasteiger partial charge on any atom is 0.0585 e. The Hall–Kier alpha value is -0.380. The molecule has 16 heavy (non-hydrogen) atoms. The fourth-order valence-corrected chi connectivity index (χ4v) is 2.64. The molecule has 0 saturated carbocycles. The van der Waals surface area contributed by atoms with Crippen molar-refractivity contribution >= 4 is 11.3 Å². The van der Waals surface area contributed by atoms with Crippen LogP contribution in [-0.2, 0) is 0 Å². The molecule has 0 aliphatic carbocycles. The number of rotatable bonds is 5. The van der Waals surface area contributed by atoms with Crippen LogP contribution in [0.1, 0.15) is 45.7 Å². The van der Waals surface area contributed by atoms with E-state index in [4.69, 9.17) is 0 Å². The van der Waals surface area contributed by atoms with Crippen molar-refractivity contribution in [2.24, 2.45) is 5.41 Å². The Morgan fingerprint density at radius 2 is 2.12 bits per heavy atom. The van der Waals surface area contributed by atoms with Gasteiger partial charge in [0.05, 0.1) is 6.61 Å². The van der Waals surface area contributed by atoms with Gasteiger partial charge in [-0.1, -0.05) is 20.8 Å². The molecule has 2 atom stereocenters. The maximum atomic E-state index is 9.38. The lowest BCUT2D eigenvalue weighted by atomic mass is 9.88. The zero-order valence-corrected chi connectivity index (χ0v) is 11.5. The van der Waals surface area contributed by atoms with Crippen LogP contribution in [0.5, 0.6) is 0 Å². The lowest BCUT2D eigenvalue weighted by Crippen LogP contribution is -2.37. The SMILES string of the molecule is CC(NC(CO)CC(C)(C)C)c1ccsc1. The van der Waals surface area contributed by atoms with E-state index in [2.05, 4.69) is 49.8 Å². The third-order valence-corrected chi connectivity index (χ3v) is 3.31. The van der Waals surface area contributed by atoms with E-state index in [1.54, 1.807) is 11.3 Å². The van der Waals surface area contributed by atoms with Gasteiger partial charge < -0.3 is 10.4 Å². The molecule has 92 valence electrons. The van der Waals surface area contributed by atoms with Crippen molar-refractivity contribution in [2.45, 2.75) is 46.2 Å². The van der Waals surface area contributed by atoms with Gasteiger partial charge in [0.25, 0.3) is 0 Å². The van der Waals surface area contributed by atoms with E-state index in [0.29, 0.717) is 6.04 Å².